The summed E-state index contributed by atoms with van der Waals surface area (Å²) >= 11 is 0. The Morgan fingerprint density at radius 3 is 2.31 bits per heavy atom. The van der Waals surface area contributed by atoms with E-state index in [-0.39, 0.29) is 37.4 Å². The molecular weight excluding hydrogens is 401 g/mol. The van der Waals surface area contributed by atoms with Crippen molar-refractivity contribution < 1.29 is 36.3 Å². The molecule has 0 spiro atoms. The van der Waals surface area contributed by atoms with Crippen LogP contribution in [0.25, 0.3) is 0 Å². The first kappa shape index (κ1) is 22.6. The summed E-state index contributed by atoms with van der Waals surface area (Å²) in [6, 6.07) is 4.52. The SMILES string of the molecule is C=CC(=O)Nc1cc(N2CCN(CC(F)(F)C(F)(F)F)CC2)ccc1C(=O)OC. The van der Waals surface area contributed by atoms with Gasteiger partial charge in [-0.1, -0.05) is 6.58 Å². The normalized spacial score (nSPS) is 15.7. The third kappa shape index (κ3) is 5.43. The average Bonchev–Trinajstić information content (AvgIpc) is 2.66. The lowest BCUT2D eigenvalue weighted by Gasteiger charge is -2.37. The monoisotopic (exact) mass is 421 g/mol. The number of carbonyl (C=O) groups is 2. The van der Waals surface area contributed by atoms with Crippen LogP contribution in [0.2, 0.25) is 0 Å². The van der Waals surface area contributed by atoms with Crippen LogP contribution in [0, 0.1) is 0 Å². The number of anilines is 2. The second kappa shape index (κ2) is 8.76. The summed E-state index contributed by atoms with van der Waals surface area (Å²) in [6.45, 7) is 2.32. The lowest BCUT2D eigenvalue weighted by Crippen LogP contribution is -2.53. The fourth-order valence-corrected chi connectivity index (χ4v) is 2.84. The number of amides is 1. The predicted octanol–water partition coefficient (Wildman–Crippen LogP) is 2.92. The molecular formula is C18H20F5N3O3. The number of hydrogen-bond donors (Lipinski definition) is 1. The zero-order valence-corrected chi connectivity index (χ0v) is 15.6. The van der Waals surface area contributed by atoms with Gasteiger partial charge >= 0.3 is 18.1 Å². The molecule has 6 nitrogen and oxygen atoms in total. The van der Waals surface area contributed by atoms with Gasteiger partial charge in [0.1, 0.15) is 0 Å². The number of alkyl halides is 5. The number of nitrogens with one attached hydrogen (secondary N) is 1. The molecule has 0 aliphatic carbocycles. The fourth-order valence-electron chi connectivity index (χ4n) is 2.84. The zero-order chi connectivity index (χ0) is 21.8. The summed E-state index contributed by atoms with van der Waals surface area (Å²) in [6.07, 6.45) is -4.57. The smallest absolute Gasteiger partial charge is 0.454 e. The summed E-state index contributed by atoms with van der Waals surface area (Å²) in [5, 5.41) is 2.49. The Morgan fingerprint density at radius 2 is 1.79 bits per heavy atom. The van der Waals surface area contributed by atoms with Crippen molar-refractivity contribution in [1.82, 2.24) is 4.90 Å². The Morgan fingerprint density at radius 1 is 1.17 bits per heavy atom. The van der Waals surface area contributed by atoms with Crippen LogP contribution in [0.15, 0.2) is 30.9 Å². The summed E-state index contributed by atoms with van der Waals surface area (Å²) < 4.78 is 68.2. The van der Waals surface area contributed by atoms with Gasteiger partial charge in [0.25, 0.3) is 0 Å². The first-order chi connectivity index (χ1) is 13.5. The van der Waals surface area contributed by atoms with Crippen molar-refractivity contribution in [2.75, 3.05) is 50.1 Å². The maximum Gasteiger partial charge on any atom is 0.454 e. The molecule has 160 valence electrons. The van der Waals surface area contributed by atoms with Crippen molar-refractivity contribution in [3.05, 3.63) is 36.4 Å². The van der Waals surface area contributed by atoms with E-state index in [0.717, 1.165) is 11.0 Å². The maximum atomic E-state index is 13.2. The van der Waals surface area contributed by atoms with E-state index in [0.29, 0.717) is 5.69 Å². The highest BCUT2D eigenvalue weighted by Crippen LogP contribution is 2.36. The van der Waals surface area contributed by atoms with Crippen LogP contribution in [0.5, 0.6) is 0 Å². The van der Waals surface area contributed by atoms with Crippen LogP contribution in [-0.4, -0.2) is 68.7 Å². The number of piperazine rings is 1. The van der Waals surface area contributed by atoms with E-state index < -0.39 is 30.5 Å². The van der Waals surface area contributed by atoms with Crippen LogP contribution < -0.4 is 10.2 Å². The molecule has 11 heteroatoms. The van der Waals surface area contributed by atoms with E-state index in [2.05, 4.69) is 16.6 Å². The summed E-state index contributed by atoms with van der Waals surface area (Å²) in [5.74, 6) is -6.00. The number of halogens is 5. The van der Waals surface area contributed by atoms with E-state index in [4.69, 9.17) is 0 Å². The molecule has 0 bridgehead atoms. The predicted molar refractivity (Wildman–Crippen MR) is 96.3 cm³/mol. The first-order valence-corrected chi connectivity index (χ1v) is 8.56. The van der Waals surface area contributed by atoms with Crippen LogP contribution in [0.4, 0.5) is 33.3 Å². The molecule has 1 aromatic carbocycles. The molecule has 0 saturated carbocycles. The Balaban J connectivity index is 2.12. The number of rotatable bonds is 6. The van der Waals surface area contributed by atoms with Gasteiger partial charge in [0.05, 0.1) is 24.9 Å². The van der Waals surface area contributed by atoms with Gasteiger partial charge in [-0.05, 0) is 24.3 Å². The van der Waals surface area contributed by atoms with Gasteiger partial charge in [0.2, 0.25) is 5.91 Å². The Bertz CT molecular complexity index is 774. The van der Waals surface area contributed by atoms with Crippen LogP contribution in [0.1, 0.15) is 10.4 Å². The van der Waals surface area contributed by atoms with E-state index >= 15 is 0 Å². The highest BCUT2D eigenvalue weighted by molar-refractivity contribution is 6.05. The molecule has 1 aliphatic rings. The number of hydrogen-bond acceptors (Lipinski definition) is 5. The van der Waals surface area contributed by atoms with Crippen LogP contribution in [-0.2, 0) is 9.53 Å². The number of carbonyl (C=O) groups excluding carboxylic acids is 2. The molecule has 1 amide bonds. The minimum absolute atomic E-state index is 0.00122. The molecule has 29 heavy (non-hydrogen) atoms. The lowest BCUT2D eigenvalue weighted by molar-refractivity contribution is -0.286. The molecule has 1 aliphatic heterocycles. The molecule has 1 N–H and O–H groups in total. The van der Waals surface area contributed by atoms with Crippen molar-refractivity contribution in [2.45, 2.75) is 12.1 Å². The molecule has 0 radical (unpaired) electrons. The van der Waals surface area contributed by atoms with Crippen molar-refractivity contribution in [3.8, 4) is 0 Å². The average molecular weight is 421 g/mol. The molecule has 1 heterocycles. The summed E-state index contributed by atoms with van der Waals surface area (Å²) in [4.78, 5) is 26.3. The van der Waals surface area contributed by atoms with Crippen LogP contribution in [0.3, 0.4) is 0 Å². The number of esters is 1. The minimum atomic E-state index is -5.59. The topological polar surface area (TPSA) is 61.9 Å². The Hall–Kier alpha value is -2.69. The quantitative estimate of drug-likeness (QED) is 0.435. The minimum Gasteiger partial charge on any atom is -0.465 e. The second-order valence-electron chi connectivity index (χ2n) is 6.38. The Labute approximate surface area is 163 Å². The standard InChI is InChI=1S/C18H20F5N3O3/c1-3-15(27)24-14-10-12(4-5-13(14)16(28)29-2)26-8-6-25(7-9-26)11-17(19,20)18(21,22)23/h3-5,10H,1,6-9,11H2,2H3,(H,24,27). The molecule has 2 rings (SSSR count). The van der Waals surface area contributed by atoms with Gasteiger partial charge in [0, 0.05) is 31.9 Å². The van der Waals surface area contributed by atoms with Gasteiger partial charge in [-0.3, -0.25) is 9.69 Å². The first-order valence-electron chi connectivity index (χ1n) is 8.56. The van der Waals surface area contributed by atoms with Gasteiger partial charge in [-0.2, -0.15) is 22.0 Å². The highest BCUT2D eigenvalue weighted by Gasteiger charge is 2.58. The maximum absolute atomic E-state index is 13.2. The van der Waals surface area contributed by atoms with E-state index in [9.17, 15) is 31.5 Å². The second-order valence-corrected chi connectivity index (χ2v) is 6.38. The number of methoxy groups -OCH3 is 1. The third-order valence-electron chi connectivity index (χ3n) is 4.43. The zero-order valence-electron chi connectivity index (χ0n) is 15.6. The summed E-state index contributed by atoms with van der Waals surface area (Å²) in [7, 11) is 1.19. The van der Waals surface area contributed by atoms with E-state index in [1.165, 1.54) is 19.2 Å². The highest BCUT2D eigenvalue weighted by atomic mass is 19.4. The van der Waals surface area contributed by atoms with Crippen molar-refractivity contribution in [2.24, 2.45) is 0 Å². The third-order valence-corrected chi connectivity index (χ3v) is 4.43. The number of benzene rings is 1. The van der Waals surface area contributed by atoms with Gasteiger partial charge in [-0.25, -0.2) is 4.79 Å². The van der Waals surface area contributed by atoms with Gasteiger partial charge in [-0.15, -0.1) is 0 Å². The lowest BCUT2D eigenvalue weighted by atomic mass is 10.1. The molecule has 1 saturated heterocycles. The van der Waals surface area contributed by atoms with Crippen LogP contribution >= 0.6 is 0 Å². The fraction of sp³-hybridized carbons (Fsp3) is 0.444. The Kier molecular flexibility index (Phi) is 6.83. The van der Waals surface area contributed by atoms with E-state index in [1.54, 1.807) is 11.0 Å². The number of nitrogens with zero attached hydrogens (tertiary/aromatic N) is 2. The van der Waals surface area contributed by atoms with Gasteiger partial charge < -0.3 is 15.0 Å². The molecule has 0 unspecified atom stereocenters. The number of ether oxygens (including phenoxy) is 1. The van der Waals surface area contributed by atoms with Crippen molar-refractivity contribution in [1.29, 1.82) is 0 Å². The molecule has 1 fully saturated rings. The van der Waals surface area contributed by atoms with Gasteiger partial charge in [0.15, 0.2) is 0 Å². The molecule has 1 aromatic rings. The van der Waals surface area contributed by atoms with E-state index in [1.807, 2.05) is 0 Å². The largest absolute Gasteiger partial charge is 0.465 e. The van der Waals surface area contributed by atoms with Crippen molar-refractivity contribution in [3.63, 3.8) is 0 Å². The molecule has 0 aromatic heterocycles. The summed E-state index contributed by atoms with van der Waals surface area (Å²) in [5.41, 5.74) is 0.847. The van der Waals surface area contributed by atoms with Crippen molar-refractivity contribution >= 4 is 23.3 Å². The molecule has 0 atom stereocenters.